The van der Waals surface area contributed by atoms with Crippen molar-refractivity contribution in [3.8, 4) is 11.8 Å². The predicted molar refractivity (Wildman–Crippen MR) is 66.5 cm³/mol. The summed E-state index contributed by atoms with van der Waals surface area (Å²) >= 11 is 0. The van der Waals surface area contributed by atoms with E-state index in [1.807, 2.05) is 6.08 Å². The lowest BCUT2D eigenvalue weighted by atomic mass is 10.1. The van der Waals surface area contributed by atoms with Crippen LogP contribution in [0.15, 0.2) is 24.8 Å². The lowest BCUT2D eigenvalue weighted by Crippen LogP contribution is -1.83. The molecule has 0 fully saturated rings. The van der Waals surface area contributed by atoms with Gasteiger partial charge in [-0.05, 0) is 31.4 Å². The Morgan fingerprint density at radius 2 is 1.60 bits per heavy atom. The standard InChI is InChI=1S/C14H22O/c1-2-3-4-5-6-7-8-9-10-11-12-13-14-15/h2,5-6,15H,1,7-14H2/b6-5-. The lowest BCUT2D eigenvalue weighted by molar-refractivity contribution is 0.282. The Labute approximate surface area is 93.9 Å². The minimum atomic E-state index is 0.338. The maximum atomic E-state index is 8.58. The van der Waals surface area contributed by atoms with Gasteiger partial charge >= 0.3 is 0 Å². The van der Waals surface area contributed by atoms with Crippen LogP contribution in [0.3, 0.4) is 0 Å². The highest BCUT2D eigenvalue weighted by Gasteiger charge is 1.89. The summed E-state index contributed by atoms with van der Waals surface area (Å²) in [6.45, 7) is 3.86. The van der Waals surface area contributed by atoms with E-state index in [0.29, 0.717) is 6.61 Å². The molecular formula is C14H22O. The van der Waals surface area contributed by atoms with E-state index in [-0.39, 0.29) is 0 Å². The first kappa shape index (κ1) is 14.0. The summed E-state index contributed by atoms with van der Waals surface area (Å²) in [4.78, 5) is 0. The van der Waals surface area contributed by atoms with Crippen LogP contribution in [0.1, 0.15) is 44.9 Å². The van der Waals surface area contributed by atoms with Gasteiger partial charge in [0.15, 0.2) is 0 Å². The van der Waals surface area contributed by atoms with E-state index >= 15 is 0 Å². The van der Waals surface area contributed by atoms with Gasteiger partial charge in [-0.25, -0.2) is 0 Å². The van der Waals surface area contributed by atoms with E-state index in [4.69, 9.17) is 5.11 Å². The van der Waals surface area contributed by atoms with Crippen LogP contribution in [0.4, 0.5) is 0 Å². The molecule has 0 amide bonds. The van der Waals surface area contributed by atoms with Gasteiger partial charge in [0.1, 0.15) is 0 Å². The Morgan fingerprint density at radius 1 is 0.933 bits per heavy atom. The molecule has 1 heteroatoms. The monoisotopic (exact) mass is 206 g/mol. The van der Waals surface area contributed by atoms with Crippen molar-refractivity contribution in [3.05, 3.63) is 24.8 Å². The Kier molecular flexibility index (Phi) is 12.1. The molecule has 0 unspecified atom stereocenters. The molecule has 0 aliphatic rings. The SMILES string of the molecule is C=CC#C/C=C\CCCCCCCCO. The van der Waals surface area contributed by atoms with Crippen LogP contribution in [0, 0.1) is 11.8 Å². The number of aliphatic hydroxyl groups is 1. The van der Waals surface area contributed by atoms with Gasteiger partial charge in [0.05, 0.1) is 0 Å². The molecule has 0 atom stereocenters. The molecule has 0 saturated heterocycles. The molecule has 1 nitrogen and oxygen atoms in total. The van der Waals surface area contributed by atoms with Crippen molar-refractivity contribution >= 4 is 0 Å². The van der Waals surface area contributed by atoms with Crippen LogP contribution in [-0.4, -0.2) is 11.7 Å². The fourth-order valence-corrected chi connectivity index (χ4v) is 1.33. The van der Waals surface area contributed by atoms with Crippen molar-refractivity contribution < 1.29 is 5.11 Å². The number of rotatable bonds is 8. The zero-order chi connectivity index (χ0) is 11.2. The maximum absolute atomic E-state index is 8.58. The van der Waals surface area contributed by atoms with E-state index < -0.39 is 0 Å². The molecule has 1 N–H and O–H groups in total. The average molecular weight is 206 g/mol. The zero-order valence-corrected chi connectivity index (χ0v) is 9.54. The fourth-order valence-electron chi connectivity index (χ4n) is 1.33. The minimum absolute atomic E-state index is 0.338. The summed E-state index contributed by atoms with van der Waals surface area (Å²) in [6, 6.07) is 0. The molecule has 0 rings (SSSR count). The predicted octanol–water partition coefficient (Wildman–Crippen LogP) is 3.46. The van der Waals surface area contributed by atoms with Crippen LogP contribution in [-0.2, 0) is 0 Å². The topological polar surface area (TPSA) is 20.2 Å². The third-order valence-corrected chi connectivity index (χ3v) is 2.17. The summed E-state index contributed by atoms with van der Waals surface area (Å²) in [6.07, 6.45) is 13.9. The Balaban J connectivity index is 3.10. The van der Waals surface area contributed by atoms with Gasteiger partial charge in [0, 0.05) is 6.61 Å². The number of hydrogen-bond donors (Lipinski definition) is 1. The number of hydrogen-bond acceptors (Lipinski definition) is 1. The van der Waals surface area contributed by atoms with Gasteiger partial charge in [-0.3, -0.25) is 0 Å². The second kappa shape index (κ2) is 13.0. The van der Waals surface area contributed by atoms with Crippen LogP contribution in [0.25, 0.3) is 0 Å². The smallest absolute Gasteiger partial charge is 0.0431 e. The van der Waals surface area contributed by atoms with Gasteiger partial charge in [0.25, 0.3) is 0 Å². The van der Waals surface area contributed by atoms with Gasteiger partial charge in [-0.1, -0.05) is 50.2 Å². The minimum Gasteiger partial charge on any atom is -0.396 e. The maximum Gasteiger partial charge on any atom is 0.0431 e. The zero-order valence-electron chi connectivity index (χ0n) is 9.54. The van der Waals surface area contributed by atoms with Crippen molar-refractivity contribution in [1.29, 1.82) is 0 Å². The number of unbranched alkanes of at least 4 members (excludes halogenated alkanes) is 6. The van der Waals surface area contributed by atoms with Crippen molar-refractivity contribution in [1.82, 2.24) is 0 Å². The molecule has 15 heavy (non-hydrogen) atoms. The number of aliphatic hydroxyl groups excluding tert-OH is 1. The molecule has 0 aliphatic heterocycles. The molecular weight excluding hydrogens is 184 g/mol. The van der Waals surface area contributed by atoms with Crippen molar-refractivity contribution in [2.24, 2.45) is 0 Å². The Hall–Kier alpha value is -1.00. The third-order valence-electron chi connectivity index (χ3n) is 2.17. The first-order valence-electron chi connectivity index (χ1n) is 5.79. The van der Waals surface area contributed by atoms with E-state index in [9.17, 15) is 0 Å². The summed E-state index contributed by atoms with van der Waals surface area (Å²) in [5.74, 6) is 5.65. The van der Waals surface area contributed by atoms with Gasteiger partial charge in [0.2, 0.25) is 0 Å². The van der Waals surface area contributed by atoms with Gasteiger partial charge < -0.3 is 5.11 Å². The molecule has 0 bridgehead atoms. The summed E-state index contributed by atoms with van der Waals surface area (Å²) in [5.41, 5.74) is 0. The third kappa shape index (κ3) is 13.0. The fraction of sp³-hybridized carbons (Fsp3) is 0.571. The average Bonchev–Trinajstić information content (AvgIpc) is 2.26. The molecule has 0 spiro atoms. The quantitative estimate of drug-likeness (QED) is 0.476. The van der Waals surface area contributed by atoms with E-state index in [1.165, 1.54) is 25.7 Å². The van der Waals surface area contributed by atoms with Crippen molar-refractivity contribution in [2.45, 2.75) is 44.9 Å². The van der Waals surface area contributed by atoms with Gasteiger partial charge in [-0.15, -0.1) is 0 Å². The van der Waals surface area contributed by atoms with Crippen LogP contribution in [0.5, 0.6) is 0 Å². The molecule has 0 heterocycles. The van der Waals surface area contributed by atoms with Crippen molar-refractivity contribution in [2.75, 3.05) is 6.61 Å². The second-order valence-corrected chi connectivity index (χ2v) is 3.53. The molecule has 0 aromatic rings. The van der Waals surface area contributed by atoms with E-state index in [0.717, 1.165) is 19.3 Å². The van der Waals surface area contributed by atoms with E-state index in [2.05, 4.69) is 24.5 Å². The lowest BCUT2D eigenvalue weighted by Gasteiger charge is -1.98. The Bertz CT molecular complexity index is 217. The summed E-state index contributed by atoms with van der Waals surface area (Å²) in [5, 5.41) is 8.58. The van der Waals surface area contributed by atoms with Crippen LogP contribution < -0.4 is 0 Å². The second-order valence-electron chi connectivity index (χ2n) is 3.53. The number of allylic oxidation sites excluding steroid dienone is 3. The van der Waals surface area contributed by atoms with Gasteiger partial charge in [-0.2, -0.15) is 0 Å². The van der Waals surface area contributed by atoms with Crippen molar-refractivity contribution in [3.63, 3.8) is 0 Å². The normalized spacial score (nSPS) is 9.93. The molecule has 0 aromatic heterocycles. The molecule has 0 aromatic carbocycles. The molecule has 84 valence electrons. The largest absolute Gasteiger partial charge is 0.396 e. The van der Waals surface area contributed by atoms with Crippen LogP contribution >= 0.6 is 0 Å². The molecule has 0 radical (unpaired) electrons. The highest BCUT2D eigenvalue weighted by Crippen LogP contribution is 2.06. The van der Waals surface area contributed by atoms with Crippen LogP contribution in [0.2, 0.25) is 0 Å². The first-order chi connectivity index (χ1) is 7.41. The summed E-state index contributed by atoms with van der Waals surface area (Å²) in [7, 11) is 0. The van der Waals surface area contributed by atoms with E-state index in [1.54, 1.807) is 6.08 Å². The highest BCUT2D eigenvalue weighted by atomic mass is 16.2. The molecule has 0 aliphatic carbocycles. The summed E-state index contributed by atoms with van der Waals surface area (Å²) < 4.78 is 0. The first-order valence-corrected chi connectivity index (χ1v) is 5.79. The highest BCUT2D eigenvalue weighted by molar-refractivity contribution is 5.21. The Morgan fingerprint density at radius 3 is 2.27 bits per heavy atom. The molecule has 0 saturated carbocycles.